The van der Waals surface area contributed by atoms with Gasteiger partial charge in [0.15, 0.2) is 5.96 Å². The first kappa shape index (κ1) is 18.8. The number of likely N-dealkylation sites (tertiary alicyclic amines) is 1. The van der Waals surface area contributed by atoms with Gasteiger partial charge in [-0.1, -0.05) is 13.8 Å². The van der Waals surface area contributed by atoms with Crippen molar-refractivity contribution in [3.8, 4) is 0 Å². The molecule has 1 unspecified atom stereocenters. The number of hydrogen-bond donors (Lipinski definition) is 1. The lowest BCUT2D eigenvalue weighted by molar-refractivity contribution is 0.301. The Kier molecular flexibility index (Phi) is 7.56. The highest BCUT2D eigenvalue weighted by molar-refractivity contribution is 5.80. The summed E-state index contributed by atoms with van der Waals surface area (Å²) in [6.45, 7) is 13.9. The SMILES string of the molecule is CCNC(=NCCCN(CC)CC)N1CCC(c2cnn(C)c2)C1. The average molecular weight is 335 g/mol. The number of hydrogen-bond acceptors (Lipinski definition) is 3. The van der Waals surface area contributed by atoms with Gasteiger partial charge in [-0.2, -0.15) is 5.10 Å². The molecule has 2 heterocycles. The van der Waals surface area contributed by atoms with Gasteiger partial charge in [-0.05, 0) is 45.0 Å². The van der Waals surface area contributed by atoms with Crippen molar-refractivity contribution < 1.29 is 0 Å². The molecule has 1 saturated heterocycles. The van der Waals surface area contributed by atoms with E-state index in [0.29, 0.717) is 5.92 Å². The molecule has 0 saturated carbocycles. The van der Waals surface area contributed by atoms with Crippen LogP contribution in [-0.4, -0.2) is 71.4 Å². The highest BCUT2D eigenvalue weighted by atomic mass is 15.3. The third-order valence-corrected chi connectivity index (χ3v) is 4.81. The first-order valence-electron chi connectivity index (χ1n) is 9.42. The van der Waals surface area contributed by atoms with Crippen LogP contribution in [0.1, 0.15) is 45.1 Å². The Morgan fingerprint density at radius 3 is 2.79 bits per heavy atom. The normalized spacial score (nSPS) is 18.6. The van der Waals surface area contributed by atoms with Gasteiger partial charge in [-0.3, -0.25) is 9.67 Å². The predicted molar refractivity (Wildman–Crippen MR) is 101 cm³/mol. The van der Waals surface area contributed by atoms with Gasteiger partial charge in [0, 0.05) is 45.3 Å². The van der Waals surface area contributed by atoms with E-state index in [1.807, 2.05) is 17.9 Å². The van der Waals surface area contributed by atoms with E-state index in [-0.39, 0.29) is 0 Å². The molecule has 1 aliphatic rings. The van der Waals surface area contributed by atoms with Crippen LogP contribution >= 0.6 is 0 Å². The van der Waals surface area contributed by atoms with E-state index in [9.17, 15) is 0 Å². The van der Waals surface area contributed by atoms with Crippen LogP contribution in [0.2, 0.25) is 0 Å². The molecule has 6 nitrogen and oxygen atoms in total. The molecule has 0 radical (unpaired) electrons. The Morgan fingerprint density at radius 2 is 2.17 bits per heavy atom. The minimum absolute atomic E-state index is 0.568. The maximum absolute atomic E-state index is 4.85. The molecule has 0 aliphatic carbocycles. The molecule has 1 N–H and O–H groups in total. The van der Waals surface area contributed by atoms with E-state index in [1.165, 1.54) is 12.0 Å². The number of guanidine groups is 1. The molecular weight excluding hydrogens is 300 g/mol. The lowest BCUT2D eigenvalue weighted by Crippen LogP contribution is -2.40. The van der Waals surface area contributed by atoms with Crippen molar-refractivity contribution in [2.75, 3.05) is 45.8 Å². The van der Waals surface area contributed by atoms with E-state index in [4.69, 9.17) is 4.99 Å². The van der Waals surface area contributed by atoms with Crippen molar-refractivity contribution >= 4 is 5.96 Å². The number of aryl methyl sites for hydroxylation is 1. The van der Waals surface area contributed by atoms with Gasteiger partial charge in [0.05, 0.1) is 6.20 Å². The molecule has 0 spiro atoms. The Balaban J connectivity index is 1.87. The summed E-state index contributed by atoms with van der Waals surface area (Å²) in [6.07, 6.45) is 6.44. The zero-order chi connectivity index (χ0) is 17.4. The first-order chi connectivity index (χ1) is 11.7. The Hall–Kier alpha value is -1.56. The van der Waals surface area contributed by atoms with Crippen molar-refractivity contribution in [3.05, 3.63) is 18.0 Å². The minimum atomic E-state index is 0.568. The third kappa shape index (κ3) is 5.23. The topological polar surface area (TPSA) is 48.7 Å². The maximum Gasteiger partial charge on any atom is 0.193 e. The minimum Gasteiger partial charge on any atom is -0.357 e. The lowest BCUT2D eigenvalue weighted by atomic mass is 10.0. The molecule has 136 valence electrons. The second kappa shape index (κ2) is 9.67. The standard InChI is InChI=1S/C18H34N6/c1-5-19-18(20-10-8-11-23(6-2)7-3)24-12-9-16(15-24)17-13-21-22(4)14-17/h13-14,16H,5-12,15H2,1-4H3,(H,19,20). The Bertz CT molecular complexity index is 505. The van der Waals surface area contributed by atoms with Crippen molar-refractivity contribution in [3.63, 3.8) is 0 Å². The highest BCUT2D eigenvalue weighted by Crippen LogP contribution is 2.26. The molecule has 0 aromatic carbocycles. The molecule has 6 heteroatoms. The second-order valence-corrected chi connectivity index (χ2v) is 6.50. The first-order valence-corrected chi connectivity index (χ1v) is 9.42. The van der Waals surface area contributed by atoms with Gasteiger partial charge in [0.2, 0.25) is 0 Å². The van der Waals surface area contributed by atoms with Crippen molar-refractivity contribution in [1.82, 2.24) is 24.9 Å². The summed E-state index contributed by atoms with van der Waals surface area (Å²) in [4.78, 5) is 9.71. The summed E-state index contributed by atoms with van der Waals surface area (Å²) < 4.78 is 1.89. The molecule has 1 fully saturated rings. The lowest BCUT2D eigenvalue weighted by Gasteiger charge is -2.22. The van der Waals surface area contributed by atoms with Crippen LogP contribution < -0.4 is 5.32 Å². The fraction of sp³-hybridized carbons (Fsp3) is 0.778. The Morgan fingerprint density at radius 1 is 1.38 bits per heavy atom. The van der Waals surface area contributed by atoms with Crippen LogP contribution in [-0.2, 0) is 7.05 Å². The molecule has 1 aromatic rings. The van der Waals surface area contributed by atoms with Gasteiger partial charge in [0.25, 0.3) is 0 Å². The summed E-state index contributed by atoms with van der Waals surface area (Å²) in [6, 6.07) is 0. The van der Waals surface area contributed by atoms with E-state index in [0.717, 1.165) is 58.2 Å². The number of aliphatic imine (C=N–C) groups is 1. The van der Waals surface area contributed by atoms with Crippen molar-refractivity contribution in [2.24, 2.45) is 12.0 Å². The molecular formula is C18H34N6. The quantitative estimate of drug-likeness (QED) is 0.448. The van der Waals surface area contributed by atoms with Crippen molar-refractivity contribution in [1.29, 1.82) is 0 Å². The molecule has 1 atom stereocenters. The summed E-state index contributed by atoms with van der Waals surface area (Å²) in [5.74, 6) is 1.64. The maximum atomic E-state index is 4.85. The summed E-state index contributed by atoms with van der Waals surface area (Å²) in [5.41, 5.74) is 1.34. The van der Waals surface area contributed by atoms with Crippen LogP contribution in [0.3, 0.4) is 0 Å². The van der Waals surface area contributed by atoms with Crippen LogP contribution in [0.15, 0.2) is 17.4 Å². The highest BCUT2D eigenvalue weighted by Gasteiger charge is 2.26. The largest absolute Gasteiger partial charge is 0.357 e. The van der Waals surface area contributed by atoms with E-state index < -0.39 is 0 Å². The van der Waals surface area contributed by atoms with Gasteiger partial charge < -0.3 is 15.1 Å². The fourth-order valence-electron chi connectivity index (χ4n) is 3.32. The molecule has 1 aliphatic heterocycles. The molecule has 0 amide bonds. The smallest absolute Gasteiger partial charge is 0.193 e. The van der Waals surface area contributed by atoms with Gasteiger partial charge >= 0.3 is 0 Å². The predicted octanol–water partition coefficient (Wildman–Crippen LogP) is 1.91. The molecule has 0 bridgehead atoms. The van der Waals surface area contributed by atoms with Gasteiger partial charge in [0.1, 0.15) is 0 Å². The van der Waals surface area contributed by atoms with Crippen LogP contribution in [0, 0.1) is 0 Å². The van der Waals surface area contributed by atoms with E-state index in [2.05, 4.69) is 47.2 Å². The Labute approximate surface area is 146 Å². The number of nitrogens with one attached hydrogen (secondary N) is 1. The third-order valence-electron chi connectivity index (χ3n) is 4.81. The number of rotatable bonds is 8. The average Bonchev–Trinajstić information content (AvgIpc) is 3.23. The molecule has 1 aromatic heterocycles. The van der Waals surface area contributed by atoms with Gasteiger partial charge in [-0.25, -0.2) is 0 Å². The van der Waals surface area contributed by atoms with Crippen molar-refractivity contribution in [2.45, 2.75) is 39.5 Å². The monoisotopic (exact) mass is 334 g/mol. The summed E-state index contributed by atoms with van der Waals surface area (Å²) >= 11 is 0. The zero-order valence-electron chi connectivity index (χ0n) is 15.8. The number of aromatic nitrogens is 2. The molecule has 24 heavy (non-hydrogen) atoms. The van der Waals surface area contributed by atoms with Gasteiger partial charge in [-0.15, -0.1) is 0 Å². The van der Waals surface area contributed by atoms with Crippen LogP contribution in [0.5, 0.6) is 0 Å². The summed E-state index contributed by atoms with van der Waals surface area (Å²) in [5, 5.41) is 7.77. The van der Waals surface area contributed by atoms with Crippen LogP contribution in [0.25, 0.3) is 0 Å². The second-order valence-electron chi connectivity index (χ2n) is 6.50. The number of nitrogens with zero attached hydrogens (tertiary/aromatic N) is 5. The fourth-order valence-corrected chi connectivity index (χ4v) is 3.32. The van der Waals surface area contributed by atoms with E-state index >= 15 is 0 Å². The summed E-state index contributed by atoms with van der Waals surface area (Å²) in [7, 11) is 1.98. The molecule has 2 rings (SSSR count). The van der Waals surface area contributed by atoms with Crippen LogP contribution in [0.4, 0.5) is 0 Å². The zero-order valence-corrected chi connectivity index (χ0v) is 15.8. The van der Waals surface area contributed by atoms with E-state index in [1.54, 1.807) is 0 Å².